The minimum absolute atomic E-state index is 0.101. The molecule has 0 spiro atoms. The average Bonchev–Trinajstić information content (AvgIpc) is 3.01. The first-order valence-electron chi connectivity index (χ1n) is 9.22. The molecule has 1 saturated heterocycles. The number of nitrogens with zero attached hydrogens (tertiary/aromatic N) is 2. The Morgan fingerprint density at radius 3 is 2.88 bits per heavy atom. The number of carbonyl (C=O) groups is 1. The summed E-state index contributed by atoms with van der Waals surface area (Å²) in [6.07, 6.45) is 3.79. The average molecular weight is 344 g/mol. The maximum Gasteiger partial charge on any atom is 0.272 e. The van der Waals surface area contributed by atoms with Gasteiger partial charge >= 0.3 is 0 Å². The third-order valence-electron chi connectivity index (χ3n) is 4.88. The molecule has 1 aliphatic heterocycles. The van der Waals surface area contributed by atoms with E-state index < -0.39 is 0 Å². The predicted octanol–water partition coefficient (Wildman–Crippen LogP) is 2.24. The van der Waals surface area contributed by atoms with Gasteiger partial charge in [-0.1, -0.05) is 18.2 Å². The van der Waals surface area contributed by atoms with Crippen molar-refractivity contribution in [3.63, 3.8) is 0 Å². The molecule has 1 aromatic heterocycles. The van der Waals surface area contributed by atoms with Crippen molar-refractivity contribution in [3.05, 3.63) is 30.0 Å². The normalized spacial score (nSPS) is 21.0. The lowest BCUT2D eigenvalue weighted by atomic mass is 9.97. The summed E-state index contributed by atoms with van der Waals surface area (Å²) in [5, 5.41) is 21.0. The van der Waals surface area contributed by atoms with Gasteiger partial charge in [0.15, 0.2) is 5.69 Å². The van der Waals surface area contributed by atoms with E-state index in [0.717, 1.165) is 43.1 Å². The van der Waals surface area contributed by atoms with Crippen LogP contribution in [0.4, 0.5) is 0 Å². The number of nitrogens with one attached hydrogen (secondary N) is 2. The van der Waals surface area contributed by atoms with Gasteiger partial charge in [-0.15, -0.1) is 0 Å². The Morgan fingerprint density at radius 2 is 2.20 bits per heavy atom. The number of amides is 1. The van der Waals surface area contributed by atoms with Crippen molar-refractivity contribution < 1.29 is 9.90 Å². The highest BCUT2D eigenvalue weighted by atomic mass is 16.3. The standard InChI is InChI=1S/C19H28N4O2/c1-13(2)23-17-8-4-3-7-16(17)18(22-23)19(25)21-15-10-9-14(20-12-15)6-5-11-24/h3-4,7-8,13-15,20,24H,5-6,9-12H2,1-2H3,(H,21,25)/t14-,15?/m1/s1. The van der Waals surface area contributed by atoms with Gasteiger partial charge in [0, 0.05) is 36.7 Å². The molecule has 2 aromatic rings. The Labute approximate surface area is 148 Å². The number of para-hydroxylation sites is 1. The van der Waals surface area contributed by atoms with Crippen LogP contribution in [0.25, 0.3) is 10.9 Å². The van der Waals surface area contributed by atoms with Crippen LogP contribution in [0.1, 0.15) is 56.1 Å². The number of hydrogen-bond donors (Lipinski definition) is 3. The third-order valence-corrected chi connectivity index (χ3v) is 4.88. The zero-order valence-electron chi connectivity index (χ0n) is 15.0. The fourth-order valence-electron chi connectivity index (χ4n) is 3.53. The molecule has 1 aliphatic rings. The molecule has 0 radical (unpaired) electrons. The van der Waals surface area contributed by atoms with E-state index in [1.165, 1.54) is 0 Å². The fourth-order valence-corrected chi connectivity index (χ4v) is 3.53. The number of aromatic nitrogens is 2. The van der Waals surface area contributed by atoms with Gasteiger partial charge in [-0.3, -0.25) is 9.48 Å². The Hall–Kier alpha value is -1.92. The van der Waals surface area contributed by atoms with Gasteiger partial charge in [0.05, 0.1) is 5.52 Å². The Kier molecular flexibility index (Phi) is 5.71. The summed E-state index contributed by atoms with van der Waals surface area (Å²) in [6, 6.07) is 8.66. The van der Waals surface area contributed by atoms with Crippen LogP contribution in [-0.2, 0) is 0 Å². The Balaban J connectivity index is 1.67. The molecule has 1 unspecified atom stereocenters. The summed E-state index contributed by atoms with van der Waals surface area (Å²) >= 11 is 0. The van der Waals surface area contributed by atoms with Crippen molar-refractivity contribution >= 4 is 16.8 Å². The van der Waals surface area contributed by atoms with Crippen molar-refractivity contribution in [1.29, 1.82) is 0 Å². The van der Waals surface area contributed by atoms with Gasteiger partial charge in [-0.2, -0.15) is 5.10 Å². The molecule has 136 valence electrons. The van der Waals surface area contributed by atoms with E-state index in [1.54, 1.807) is 0 Å². The Bertz CT molecular complexity index is 717. The van der Waals surface area contributed by atoms with Crippen LogP contribution in [0.2, 0.25) is 0 Å². The van der Waals surface area contributed by atoms with Crippen LogP contribution in [0.3, 0.4) is 0 Å². The maximum atomic E-state index is 12.8. The highest BCUT2D eigenvalue weighted by Gasteiger charge is 2.24. The Morgan fingerprint density at radius 1 is 1.40 bits per heavy atom. The molecule has 2 atom stereocenters. The SMILES string of the molecule is CC(C)n1nc(C(=O)NC2CC[C@@H](CCCO)NC2)c2ccccc21. The van der Waals surface area contributed by atoms with Crippen LogP contribution in [0.5, 0.6) is 0 Å². The number of piperidine rings is 1. The van der Waals surface area contributed by atoms with E-state index in [-0.39, 0.29) is 24.6 Å². The van der Waals surface area contributed by atoms with Crippen LogP contribution in [0, 0.1) is 0 Å². The predicted molar refractivity (Wildman–Crippen MR) is 98.7 cm³/mol. The second kappa shape index (κ2) is 7.97. The molecule has 0 bridgehead atoms. The van der Waals surface area contributed by atoms with E-state index in [4.69, 9.17) is 5.11 Å². The molecule has 25 heavy (non-hydrogen) atoms. The fraction of sp³-hybridized carbons (Fsp3) is 0.579. The lowest BCUT2D eigenvalue weighted by Crippen LogP contribution is -2.49. The molecular formula is C19H28N4O2. The molecule has 3 rings (SSSR count). The van der Waals surface area contributed by atoms with Crippen LogP contribution < -0.4 is 10.6 Å². The van der Waals surface area contributed by atoms with Gasteiger partial charge in [-0.05, 0) is 45.6 Å². The summed E-state index contributed by atoms with van der Waals surface area (Å²) in [5.41, 5.74) is 1.50. The van der Waals surface area contributed by atoms with Crippen molar-refractivity contribution in [2.75, 3.05) is 13.2 Å². The number of benzene rings is 1. The molecular weight excluding hydrogens is 316 g/mol. The topological polar surface area (TPSA) is 79.2 Å². The molecule has 1 fully saturated rings. The zero-order valence-corrected chi connectivity index (χ0v) is 15.0. The lowest BCUT2D eigenvalue weighted by Gasteiger charge is -2.30. The van der Waals surface area contributed by atoms with E-state index in [0.29, 0.717) is 11.7 Å². The summed E-state index contributed by atoms with van der Waals surface area (Å²) in [6.45, 7) is 5.14. The molecule has 0 saturated carbocycles. The van der Waals surface area contributed by atoms with E-state index in [1.807, 2.05) is 28.9 Å². The van der Waals surface area contributed by atoms with Gasteiger partial charge in [-0.25, -0.2) is 0 Å². The second-order valence-electron chi connectivity index (χ2n) is 7.12. The summed E-state index contributed by atoms with van der Waals surface area (Å²) in [4.78, 5) is 12.8. The smallest absolute Gasteiger partial charge is 0.272 e. The summed E-state index contributed by atoms with van der Waals surface area (Å²) < 4.78 is 1.91. The molecule has 6 heteroatoms. The van der Waals surface area contributed by atoms with Crippen molar-refractivity contribution in [3.8, 4) is 0 Å². The quantitative estimate of drug-likeness (QED) is 0.751. The van der Waals surface area contributed by atoms with Crippen LogP contribution in [-0.4, -0.2) is 46.0 Å². The molecule has 0 aliphatic carbocycles. The number of aliphatic hydroxyl groups excluding tert-OH is 1. The third kappa shape index (κ3) is 4.02. The largest absolute Gasteiger partial charge is 0.396 e. The van der Waals surface area contributed by atoms with Crippen LogP contribution in [0.15, 0.2) is 24.3 Å². The number of rotatable bonds is 6. The summed E-state index contributed by atoms with van der Waals surface area (Å²) in [7, 11) is 0. The highest BCUT2D eigenvalue weighted by Crippen LogP contribution is 2.22. The maximum absolute atomic E-state index is 12.8. The molecule has 1 aromatic carbocycles. The van der Waals surface area contributed by atoms with Gasteiger partial charge in [0.2, 0.25) is 0 Å². The van der Waals surface area contributed by atoms with Gasteiger partial charge in [0.25, 0.3) is 5.91 Å². The lowest BCUT2D eigenvalue weighted by molar-refractivity contribution is 0.0922. The highest BCUT2D eigenvalue weighted by molar-refractivity contribution is 6.05. The first kappa shape index (κ1) is 17.9. The number of fused-ring (bicyclic) bond motifs is 1. The number of hydrogen-bond acceptors (Lipinski definition) is 4. The van der Waals surface area contributed by atoms with Crippen LogP contribution >= 0.6 is 0 Å². The minimum atomic E-state index is -0.101. The molecule has 1 amide bonds. The second-order valence-corrected chi connectivity index (χ2v) is 7.12. The molecule has 6 nitrogen and oxygen atoms in total. The van der Waals surface area contributed by atoms with Crippen molar-refractivity contribution in [2.24, 2.45) is 0 Å². The minimum Gasteiger partial charge on any atom is -0.396 e. The van der Waals surface area contributed by atoms with E-state index in [9.17, 15) is 4.79 Å². The van der Waals surface area contributed by atoms with Gasteiger partial charge in [0.1, 0.15) is 0 Å². The molecule has 2 heterocycles. The number of aliphatic hydroxyl groups is 1. The summed E-state index contributed by atoms with van der Waals surface area (Å²) in [5.74, 6) is -0.101. The first-order chi connectivity index (χ1) is 12.1. The van der Waals surface area contributed by atoms with Crippen molar-refractivity contribution in [1.82, 2.24) is 20.4 Å². The monoisotopic (exact) mass is 344 g/mol. The van der Waals surface area contributed by atoms with E-state index >= 15 is 0 Å². The number of carbonyl (C=O) groups excluding carboxylic acids is 1. The molecule has 3 N–H and O–H groups in total. The zero-order chi connectivity index (χ0) is 17.8. The first-order valence-corrected chi connectivity index (χ1v) is 9.22. The van der Waals surface area contributed by atoms with E-state index in [2.05, 4.69) is 29.6 Å². The van der Waals surface area contributed by atoms with Crippen molar-refractivity contribution in [2.45, 2.75) is 57.7 Å². The van der Waals surface area contributed by atoms with Gasteiger partial charge < -0.3 is 15.7 Å².